The number of hydrogen-bond acceptors (Lipinski definition) is 3. The molecular weight excluding hydrogens is 144 g/mol. The molecule has 0 aromatic carbocycles. The van der Waals surface area contributed by atoms with Crippen LogP contribution in [-0.2, 0) is 4.74 Å². The van der Waals surface area contributed by atoms with Crippen LogP contribution in [0.5, 0.6) is 0 Å². The minimum Gasteiger partial charge on any atom is -0.445 e. The summed E-state index contributed by atoms with van der Waals surface area (Å²) in [5, 5.41) is 0. The van der Waals surface area contributed by atoms with E-state index in [1.54, 1.807) is 4.90 Å². The summed E-state index contributed by atoms with van der Waals surface area (Å²) in [6, 6.07) is 0. The van der Waals surface area contributed by atoms with Crippen molar-refractivity contribution in [2.24, 2.45) is 5.73 Å². The number of carbonyl (C=O) groups excluding carboxylic acids is 1. The largest absolute Gasteiger partial charge is 0.445 e. The Bertz CT molecular complexity index is 149. The predicted octanol–water partition coefficient (Wildman–Crippen LogP) is 0.176. The maximum absolute atomic E-state index is 11.0. The Kier molecular flexibility index (Phi) is 2.70. The first-order valence-electron chi connectivity index (χ1n) is 3.89. The molecule has 1 aliphatic heterocycles. The van der Waals surface area contributed by atoms with E-state index < -0.39 is 0 Å². The highest BCUT2D eigenvalue weighted by Gasteiger charge is 2.26. The van der Waals surface area contributed by atoms with Gasteiger partial charge >= 0.3 is 6.09 Å². The number of hydrogen-bond donors (Lipinski definition) is 1. The van der Waals surface area contributed by atoms with Crippen LogP contribution in [0.3, 0.4) is 0 Å². The van der Waals surface area contributed by atoms with Crippen LogP contribution in [0.15, 0.2) is 0 Å². The standard InChI is InChI=1S/C7H14N2O2/c1-6-5-9(4-2-3-8)7(10)11-6/h6H,2-5,8H2,1H3. The van der Waals surface area contributed by atoms with Crippen molar-refractivity contribution < 1.29 is 9.53 Å². The number of nitrogens with zero attached hydrogens (tertiary/aromatic N) is 1. The van der Waals surface area contributed by atoms with E-state index in [1.807, 2.05) is 6.92 Å². The molecule has 1 fully saturated rings. The molecule has 0 saturated carbocycles. The molecular formula is C7H14N2O2. The van der Waals surface area contributed by atoms with Crippen molar-refractivity contribution >= 4 is 6.09 Å². The van der Waals surface area contributed by atoms with Gasteiger partial charge in [-0.25, -0.2) is 4.79 Å². The van der Waals surface area contributed by atoms with Crippen molar-refractivity contribution in [3.63, 3.8) is 0 Å². The second-order valence-electron chi connectivity index (χ2n) is 2.78. The lowest BCUT2D eigenvalue weighted by Crippen LogP contribution is -2.27. The van der Waals surface area contributed by atoms with E-state index in [0.29, 0.717) is 13.1 Å². The van der Waals surface area contributed by atoms with Crippen LogP contribution in [-0.4, -0.2) is 36.7 Å². The number of cyclic esters (lactones) is 1. The van der Waals surface area contributed by atoms with Crippen LogP contribution >= 0.6 is 0 Å². The number of nitrogens with two attached hydrogens (primary N) is 1. The molecule has 2 N–H and O–H groups in total. The molecule has 0 spiro atoms. The summed E-state index contributed by atoms with van der Waals surface area (Å²) in [5.74, 6) is 0. The first kappa shape index (κ1) is 8.33. The Balaban J connectivity index is 2.29. The zero-order valence-corrected chi connectivity index (χ0v) is 6.75. The lowest BCUT2D eigenvalue weighted by molar-refractivity contribution is 0.138. The van der Waals surface area contributed by atoms with Gasteiger partial charge in [0.2, 0.25) is 0 Å². The highest BCUT2D eigenvalue weighted by atomic mass is 16.6. The quantitative estimate of drug-likeness (QED) is 0.637. The number of rotatable bonds is 3. The fourth-order valence-corrected chi connectivity index (χ4v) is 1.13. The van der Waals surface area contributed by atoms with Crippen molar-refractivity contribution in [3.05, 3.63) is 0 Å². The number of ether oxygens (including phenoxy) is 1. The summed E-state index contributed by atoms with van der Waals surface area (Å²) < 4.78 is 4.92. The minimum atomic E-state index is -0.203. The average molecular weight is 158 g/mol. The third-order valence-corrected chi connectivity index (χ3v) is 1.67. The first-order valence-corrected chi connectivity index (χ1v) is 3.89. The molecule has 0 aliphatic carbocycles. The zero-order chi connectivity index (χ0) is 8.27. The fourth-order valence-electron chi connectivity index (χ4n) is 1.13. The lowest BCUT2D eigenvalue weighted by atomic mass is 10.3. The Labute approximate surface area is 66.3 Å². The third-order valence-electron chi connectivity index (χ3n) is 1.67. The smallest absolute Gasteiger partial charge is 0.410 e. The van der Waals surface area contributed by atoms with Gasteiger partial charge in [0.25, 0.3) is 0 Å². The van der Waals surface area contributed by atoms with Crippen molar-refractivity contribution in [2.45, 2.75) is 19.4 Å². The topological polar surface area (TPSA) is 55.6 Å². The van der Waals surface area contributed by atoms with E-state index in [4.69, 9.17) is 10.5 Å². The number of amides is 1. The van der Waals surface area contributed by atoms with Gasteiger partial charge in [0.15, 0.2) is 0 Å². The Morgan fingerprint density at radius 3 is 3.00 bits per heavy atom. The SMILES string of the molecule is CC1CN(CCCN)C(=O)O1. The zero-order valence-electron chi connectivity index (χ0n) is 6.75. The van der Waals surface area contributed by atoms with Crippen LogP contribution in [0.25, 0.3) is 0 Å². The monoisotopic (exact) mass is 158 g/mol. The van der Waals surface area contributed by atoms with E-state index in [2.05, 4.69) is 0 Å². The Morgan fingerprint density at radius 1 is 1.82 bits per heavy atom. The molecule has 0 radical (unpaired) electrons. The Hall–Kier alpha value is -0.770. The van der Waals surface area contributed by atoms with Crippen molar-refractivity contribution in [2.75, 3.05) is 19.6 Å². The second-order valence-corrected chi connectivity index (χ2v) is 2.78. The molecule has 11 heavy (non-hydrogen) atoms. The molecule has 1 unspecified atom stereocenters. The molecule has 4 nitrogen and oxygen atoms in total. The fraction of sp³-hybridized carbons (Fsp3) is 0.857. The molecule has 64 valence electrons. The van der Waals surface area contributed by atoms with Crippen LogP contribution in [0.4, 0.5) is 4.79 Å². The van der Waals surface area contributed by atoms with Gasteiger partial charge in [-0.2, -0.15) is 0 Å². The van der Waals surface area contributed by atoms with Crippen LogP contribution in [0, 0.1) is 0 Å². The van der Waals surface area contributed by atoms with Gasteiger partial charge < -0.3 is 15.4 Å². The van der Waals surface area contributed by atoms with E-state index in [0.717, 1.165) is 13.0 Å². The van der Waals surface area contributed by atoms with Gasteiger partial charge in [0.05, 0.1) is 6.54 Å². The van der Waals surface area contributed by atoms with Crippen LogP contribution in [0.1, 0.15) is 13.3 Å². The third kappa shape index (κ3) is 2.08. The van der Waals surface area contributed by atoms with Crippen molar-refractivity contribution in [1.82, 2.24) is 4.90 Å². The van der Waals surface area contributed by atoms with Crippen molar-refractivity contribution in [3.8, 4) is 0 Å². The summed E-state index contributed by atoms with van der Waals surface area (Å²) in [6.45, 7) is 3.94. The Morgan fingerprint density at radius 2 is 2.55 bits per heavy atom. The molecule has 0 bridgehead atoms. The molecule has 4 heteroatoms. The predicted molar refractivity (Wildman–Crippen MR) is 41.2 cm³/mol. The first-order chi connectivity index (χ1) is 5.24. The van der Waals surface area contributed by atoms with Crippen LogP contribution in [0.2, 0.25) is 0 Å². The summed E-state index contributed by atoms with van der Waals surface area (Å²) >= 11 is 0. The molecule has 1 saturated heterocycles. The molecule has 0 aromatic heterocycles. The molecule has 1 aliphatic rings. The highest BCUT2D eigenvalue weighted by molar-refractivity contribution is 5.69. The van der Waals surface area contributed by atoms with E-state index in [-0.39, 0.29) is 12.2 Å². The van der Waals surface area contributed by atoms with E-state index in [9.17, 15) is 4.79 Å². The van der Waals surface area contributed by atoms with Crippen molar-refractivity contribution in [1.29, 1.82) is 0 Å². The van der Waals surface area contributed by atoms with E-state index in [1.165, 1.54) is 0 Å². The maximum Gasteiger partial charge on any atom is 0.410 e. The van der Waals surface area contributed by atoms with Gasteiger partial charge in [0.1, 0.15) is 6.10 Å². The minimum absolute atomic E-state index is 0.0419. The summed E-state index contributed by atoms with van der Waals surface area (Å²) in [6.07, 6.45) is 0.688. The van der Waals surface area contributed by atoms with E-state index >= 15 is 0 Å². The van der Waals surface area contributed by atoms with Gasteiger partial charge in [-0.3, -0.25) is 0 Å². The molecule has 0 aromatic rings. The molecule has 1 rings (SSSR count). The molecule has 1 amide bonds. The highest BCUT2D eigenvalue weighted by Crippen LogP contribution is 2.09. The lowest BCUT2D eigenvalue weighted by Gasteiger charge is -2.10. The van der Waals surface area contributed by atoms with Crippen LogP contribution < -0.4 is 5.73 Å². The maximum atomic E-state index is 11.0. The van der Waals surface area contributed by atoms with Gasteiger partial charge in [-0.05, 0) is 19.9 Å². The van der Waals surface area contributed by atoms with Gasteiger partial charge in [0, 0.05) is 6.54 Å². The second kappa shape index (κ2) is 3.57. The summed E-state index contributed by atoms with van der Waals surface area (Å²) in [7, 11) is 0. The molecule has 1 atom stereocenters. The molecule has 1 heterocycles. The normalized spacial score (nSPS) is 24.0. The van der Waals surface area contributed by atoms with Gasteiger partial charge in [-0.1, -0.05) is 0 Å². The average Bonchev–Trinajstić information content (AvgIpc) is 2.26. The summed E-state index contributed by atoms with van der Waals surface area (Å²) in [5.41, 5.74) is 5.31. The van der Waals surface area contributed by atoms with Gasteiger partial charge in [-0.15, -0.1) is 0 Å². The number of carbonyl (C=O) groups is 1. The summed E-state index contributed by atoms with van der Waals surface area (Å²) in [4.78, 5) is 12.6.